The third-order valence-corrected chi connectivity index (χ3v) is 4.26. The Balaban J connectivity index is 2.00. The van der Waals surface area contributed by atoms with Gasteiger partial charge in [-0.25, -0.2) is 4.39 Å². The summed E-state index contributed by atoms with van der Waals surface area (Å²) in [6.45, 7) is 9.08. The van der Waals surface area contributed by atoms with E-state index in [2.05, 4.69) is 23.6 Å². The molecule has 1 fully saturated rings. The molecule has 1 aromatic carbocycles. The zero-order valence-electron chi connectivity index (χ0n) is 12.8. The second-order valence-electron chi connectivity index (χ2n) is 5.67. The summed E-state index contributed by atoms with van der Waals surface area (Å²) in [5.41, 5.74) is 1.00. The van der Waals surface area contributed by atoms with E-state index in [0.29, 0.717) is 12.6 Å². The van der Waals surface area contributed by atoms with E-state index in [1.165, 1.54) is 6.07 Å². The molecule has 1 saturated heterocycles. The fourth-order valence-electron chi connectivity index (χ4n) is 3.17. The van der Waals surface area contributed by atoms with Crippen molar-refractivity contribution < 1.29 is 14.4 Å². The smallest absolute Gasteiger partial charge is 0.423 e. The number of nitrogens with zero attached hydrogens (tertiary/aromatic N) is 2. The normalized spacial score (nSPS) is 19.4. The van der Waals surface area contributed by atoms with Crippen molar-refractivity contribution in [2.45, 2.75) is 32.9 Å². The molecule has 116 valence electrons. The first kappa shape index (κ1) is 16.4. The van der Waals surface area contributed by atoms with Gasteiger partial charge in [-0.1, -0.05) is 19.9 Å². The molecule has 0 saturated carbocycles. The molecule has 1 heterocycles. The SMILES string of the molecule is CCN(CC)C1CCN(Cc2cc(F)cc(B(O)O)c2)C1. The zero-order chi connectivity index (χ0) is 15.4. The Morgan fingerprint density at radius 3 is 2.62 bits per heavy atom. The summed E-state index contributed by atoms with van der Waals surface area (Å²) in [6, 6.07) is 4.86. The third kappa shape index (κ3) is 4.26. The summed E-state index contributed by atoms with van der Waals surface area (Å²) >= 11 is 0. The van der Waals surface area contributed by atoms with Crippen molar-refractivity contribution in [2.24, 2.45) is 0 Å². The molecule has 1 aromatic rings. The van der Waals surface area contributed by atoms with Crippen molar-refractivity contribution >= 4 is 12.6 Å². The second kappa shape index (κ2) is 7.36. The number of hydrogen-bond donors (Lipinski definition) is 2. The van der Waals surface area contributed by atoms with Gasteiger partial charge in [0.1, 0.15) is 5.82 Å². The Kier molecular flexibility index (Phi) is 5.76. The molecule has 0 radical (unpaired) electrons. The average molecular weight is 294 g/mol. The Bertz CT molecular complexity index is 469. The van der Waals surface area contributed by atoms with Gasteiger partial charge in [0.15, 0.2) is 0 Å². The van der Waals surface area contributed by atoms with E-state index >= 15 is 0 Å². The van der Waals surface area contributed by atoms with Crippen molar-refractivity contribution in [1.29, 1.82) is 0 Å². The summed E-state index contributed by atoms with van der Waals surface area (Å²) in [4.78, 5) is 4.75. The molecule has 0 aromatic heterocycles. The molecule has 0 bridgehead atoms. The zero-order valence-corrected chi connectivity index (χ0v) is 12.8. The van der Waals surface area contributed by atoms with E-state index in [1.807, 2.05) is 0 Å². The highest BCUT2D eigenvalue weighted by molar-refractivity contribution is 6.58. The van der Waals surface area contributed by atoms with Crippen molar-refractivity contribution in [3.05, 3.63) is 29.6 Å². The van der Waals surface area contributed by atoms with E-state index in [1.54, 1.807) is 6.07 Å². The van der Waals surface area contributed by atoms with Crippen LogP contribution in [0.5, 0.6) is 0 Å². The van der Waals surface area contributed by atoms with Gasteiger partial charge in [-0.15, -0.1) is 0 Å². The first-order valence-electron chi connectivity index (χ1n) is 7.65. The topological polar surface area (TPSA) is 46.9 Å². The molecular weight excluding hydrogens is 270 g/mol. The van der Waals surface area contributed by atoms with E-state index in [-0.39, 0.29) is 5.46 Å². The summed E-state index contributed by atoms with van der Waals surface area (Å²) in [6.07, 6.45) is 1.13. The fourth-order valence-corrected chi connectivity index (χ4v) is 3.17. The van der Waals surface area contributed by atoms with Gasteiger partial charge in [0.2, 0.25) is 0 Å². The molecule has 2 N–H and O–H groups in total. The minimum atomic E-state index is -1.62. The third-order valence-electron chi connectivity index (χ3n) is 4.26. The molecule has 2 rings (SSSR count). The molecule has 0 aliphatic carbocycles. The maximum atomic E-state index is 13.5. The van der Waals surface area contributed by atoms with Gasteiger partial charge in [-0.3, -0.25) is 9.80 Å². The average Bonchev–Trinajstić information content (AvgIpc) is 2.88. The fraction of sp³-hybridized carbons (Fsp3) is 0.600. The Hall–Kier alpha value is -0.945. The quantitative estimate of drug-likeness (QED) is 0.747. The van der Waals surface area contributed by atoms with Gasteiger partial charge in [-0.2, -0.15) is 0 Å². The maximum Gasteiger partial charge on any atom is 0.488 e. The summed E-state index contributed by atoms with van der Waals surface area (Å²) < 4.78 is 13.5. The highest BCUT2D eigenvalue weighted by Gasteiger charge is 2.26. The van der Waals surface area contributed by atoms with Crippen LogP contribution in [0.3, 0.4) is 0 Å². The summed E-state index contributed by atoms with van der Waals surface area (Å²) in [5, 5.41) is 18.4. The van der Waals surface area contributed by atoms with Gasteiger partial charge in [-0.05, 0) is 42.7 Å². The molecule has 1 aliphatic heterocycles. The lowest BCUT2D eigenvalue weighted by atomic mass is 9.79. The van der Waals surface area contributed by atoms with Gasteiger partial charge < -0.3 is 10.0 Å². The lowest BCUT2D eigenvalue weighted by Gasteiger charge is -2.26. The predicted octanol–water partition coefficient (Wildman–Crippen LogP) is 0.422. The van der Waals surface area contributed by atoms with Crippen LogP contribution in [-0.2, 0) is 6.54 Å². The van der Waals surface area contributed by atoms with E-state index in [9.17, 15) is 14.4 Å². The van der Waals surface area contributed by atoms with Crippen molar-refractivity contribution in [3.63, 3.8) is 0 Å². The minimum absolute atomic E-state index is 0.212. The van der Waals surface area contributed by atoms with Gasteiger partial charge >= 0.3 is 7.12 Å². The van der Waals surface area contributed by atoms with Crippen LogP contribution in [0.25, 0.3) is 0 Å². The van der Waals surface area contributed by atoms with Crippen LogP contribution in [-0.4, -0.2) is 59.2 Å². The monoisotopic (exact) mass is 294 g/mol. The van der Waals surface area contributed by atoms with E-state index in [4.69, 9.17) is 0 Å². The van der Waals surface area contributed by atoms with Crippen LogP contribution in [0.1, 0.15) is 25.8 Å². The molecule has 1 atom stereocenters. The van der Waals surface area contributed by atoms with Crippen LogP contribution >= 0.6 is 0 Å². The lowest BCUT2D eigenvalue weighted by Crippen LogP contribution is -2.37. The van der Waals surface area contributed by atoms with Crippen LogP contribution in [0.15, 0.2) is 18.2 Å². The molecule has 21 heavy (non-hydrogen) atoms. The van der Waals surface area contributed by atoms with E-state index < -0.39 is 12.9 Å². The van der Waals surface area contributed by atoms with Crippen LogP contribution in [0.2, 0.25) is 0 Å². The highest BCUT2D eigenvalue weighted by atomic mass is 19.1. The lowest BCUT2D eigenvalue weighted by molar-refractivity contribution is 0.209. The minimum Gasteiger partial charge on any atom is -0.423 e. The number of benzene rings is 1. The number of likely N-dealkylation sites (tertiary alicyclic amines) is 1. The van der Waals surface area contributed by atoms with Crippen LogP contribution in [0, 0.1) is 5.82 Å². The largest absolute Gasteiger partial charge is 0.488 e. The number of likely N-dealkylation sites (N-methyl/N-ethyl adjacent to an activating group) is 1. The Morgan fingerprint density at radius 2 is 2.00 bits per heavy atom. The highest BCUT2D eigenvalue weighted by Crippen LogP contribution is 2.18. The summed E-state index contributed by atoms with van der Waals surface area (Å²) in [7, 11) is -1.62. The first-order valence-corrected chi connectivity index (χ1v) is 7.65. The number of rotatable bonds is 6. The summed E-state index contributed by atoms with van der Waals surface area (Å²) in [5.74, 6) is -0.421. The van der Waals surface area contributed by atoms with Gasteiger partial charge in [0.25, 0.3) is 0 Å². The standard InChI is InChI=1S/C15H24BFN2O2/c1-3-19(4-2)15-5-6-18(11-15)10-12-7-13(16(20)21)9-14(17)8-12/h7-9,15,20-21H,3-6,10-11H2,1-2H3. The number of halogens is 1. The van der Waals surface area contributed by atoms with Crippen LogP contribution < -0.4 is 5.46 Å². The van der Waals surface area contributed by atoms with Gasteiger partial charge in [0.05, 0.1) is 0 Å². The van der Waals surface area contributed by atoms with Crippen LogP contribution in [0.4, 0.5) is 4.39 Å². The molecular formula is C15H24BFN2O2. The van der Waals surface area contributed by atoms with Crippen molar-refractivity contribution in [2.75, 3.05) is 26.2 Å². The molecule has 6 heteroatoms. The first-order chi connectivity index (χ1) is 10.0. The molecule has 4 nitrogen and oxygen atoms in total. The number of hydrogen-bond acceptors (Lipinski definition) is 4. The Morgan fingerprint density at radius 1 is 1.29 bits per heavy atom. The maximum absolute atomic E-state index is 13.5. The van der Waals surface area contributed by atoms with Crippen molar-refractivity contribution in [3.8, 4) is 0 Å². The van der Waals surface area contributed by atoms with E-state index in [0.717, 1.165) is 44.2 Å². The molecule has 1 unspecified atom stereocenters. The Labute approximate surface area is 126 Å². The molecule has 0 spiro atoms. The molecule has 1 aliphatic rings. The van der Waals surface area contributed by atoms with Gasteiger partial charge in [0, 0.05) is 25.7 Å². The predicted molar refractivity (Wildman–Crippen MR) is 82.8 cm³/mol. The van der Waals surface area contributed by atoms with Crippen molar-refractivity contribution in [1.82, 2.24) is 9.80 Å². The second-order valence-corrected chi connectivity index (χ2v) is 5.67. The molecule has 0 amide bonds.